The zero-order valence-electron chi connectivity index (χ0n) is 11.4. The van der Waals surface area contributed by atoms with Crippen LogP contribution in [0.5, 0.6) is 0 Å². The summed E-state index contributed by atoms with van der Waals surface area (Å²) in [7, 11) is 1.33. The molecule has 2 heterocycles. The largest absolute Gasteiger partial charge is 0.435 e. The van der Waals surface area contributed by atoms with Crippen LogP contribution in [0, 0.1) is 0 Å². The molecule has 1 amide bonds. The summed E-state index contributed by atoms with van der Waals surface area (Å²) in [4.78, 5) is 13.8. The van der Waals surface area contributed by atoms with Gasteiger partial charge in [0.25, 0.3) is 5.91 Å². The van der Waals surface area contributed by atoms with Crippen molar-refractivity contribution in [1.29, 1.82) is 0 Å². The van der Waals surface area contributed by atoms with Gasteiger partial charge in [0.1, 0.15) is 5.69 Å². The maximum Gasteiger partial charge on any atom is 0.435 e. The molecule has 0 bridgehead atoms. The van der Waals surface area contributed by atoms with Crippen molar-refractivity contribution in [2.45, 2.75) is 32.2 Å². The predicted octanol–water partition coefficient (Wildman–Crippen LogP) is 1.69. The summed E-state index contributed by atoms with van der Waals surface area (Å²) in [5.41, 5.74) is -1.13. The van der Waals surface area contributed by atoms with Crippen LogP contribution < -0.4 is 0 Å². The average molecular weight is 291 g/mol. The van der Waals surface area contributed by atoms with Gasteiger partial charge in [-0.25, -0.2) is 0 Å². The van der Waals surface area contributed by atoms with E-state index in [1.807, 2.05) is 13.8 Å². The van der Waals surface area contributed by atoms with Gasteiger partial charge in [0.2, 0.25) is 0 Å². The van der Waals surface area contributed by atoms with E-state index < -0.39 is 17.8 Å². The van der Waals surface area contributed by atoms with E-state index in [1.54, 1.807) is 0 Å². The standard InChI is InChI=1S/C12H16F3N3O2/c1-7-5-18(6-8(2)20-7)11(19)9-4-10(12(13,14)15)16-17(9)3/h4,7-8H,5-6H2,1-3H3/t7-,8+. The Hall–Kier alpha value is -1.57. The van der Waals surface area contributed by atoms with Crippen molar-refractivity contribution < 1.29 is 22.7 Å². The Labute approximate surface area is 114 Å². The molecule has 1 aromatic heterocycles. The summed E-state index contributed by atoms with van der Waals surface area (Å²) in [6.45, 7) is 4.35. The number of carbonyl (C=O) groups excluding carboxylic acids is 1. The minimum atomic E-state index is -4.55. The van der Waals surface area contributed by atoms with E-state index in [-0.39, 0.29) is 17.9 Å². The van der Waals surface area contributed by atoms with Gasteiger partial charge < -0.3 is 9.64 Å². The zero-order valence-corrected chi connectivity index (χ0v) is 11.4. The van der Waals surface area contributed by atoms with Crippen molar-refractivity contribution in [2.75, 3.05) is 13.1 Å². The fourth-order valence-corrected chi connectivity index (χ4v) is 2.31. The number of aryl methyl sites for hydroxylation is 1. The minimum Gasteiger partial charge on any atom is -0.372 e. The Balaban J connectivity index is 2.23. The van der Waals surface area contributed by atoms with Gasteiger partial charge in [-0.05, 0) is 13.8 Å². The topological polar surface area (TPSA) is 47.4 Å². The van der Waals surface area contributed by atoms with Gasteiger partial charge in [-0.2, -0.15) is 18.3 Å². The maximum absolute atomic E-state index is 12.6. The molecule has 0 aliphatic carbocycles. The van der Waals surface area contributed by atoms with Gasteiger partial charge in [0.05, 0.1) is 12.2 Å². The molecule has 5 nitrogen and oxygen atoms in total. The second-order valence-electron chi connectivity index (χ2n) is 5.00. The number of morpholine rings is 1. The van der Waals surface area contributed by atoms with Crippen LogP contribution in [0.2, 0.25) is 0 Å². The van der Waals surface area contributed by atoms with Crippen molar-refractivity contribution >= 4 is 5.91 Å². The lowest BCUT2D eigenvalue weighted by atomic mass is 10.2. The Morgan fingerprint density at radius 2 is 1.90 bits per heavy atom. The highest BCUT2D eigenvalue weighted by molar-refractivity contribution is 5.92. The molecule has 0 unspecified atom stereocenters. The Morgan fingerprint density at radius 3 is 2.35 bits per heavy atom. The van der Waals surface area contributed by atoms with Crippen molar-refractivity contribution in [1.82, 2.24) is 14.7 Å². The number of rotatable bonds is 1. The first kappa shape index (κ1) is 14.8. The molecule has 0 saturated carbocycles. The van der Waals surface area contributed by atoms with Crippen molar-refractivity contribution in [3.63, 3.8) is 0 Å². The van der Waals surface area contributed by atoms with Crippen LogP contribution in [-0.2, 0) is 18.0 Å². The van der Waals surface area contributed by atoms with Gasteiger partial charge in [0.15, 0.2) is 5.69 Å². The molecule has 2 atom stereocenters. The normalized spacial score (nSPS) is 24.0. The number of alkyl halides is 3. The van der Waals surface area contributed by atoms with Crippen LogP contribution in [0.15, 0.2) is 6.07 Å². The van der Waals surface area contributed by atoms with Gasteiger partial charge in [-0.15, -0.1) is 0 Å². The van der Waals surface area contributed by atoms with E-state index >= 15 is 0 Å². The first-order valence-corrected chi connectivity index (χ1v) is 6.24. The van der Waals surface area contributed by atoms with Crippen molar-refractivity contribution in [3.8, 4) is 0 Å². The fraction of sp³-hybridized carbons (Fsp3) is 0.667. The predicted molar refractivity (Wildman–Crippen MR) is 64.1 cm³/mol. The van der Waals surface area contributed by atoms with E-state index in [1.165, 1.54) is 11.9 Å². The van der Waals surface area contributed by atoms with Crippen LogP contribution in [0.4, 0.5) is 13.2 Å². The zero-order chi connectivity index (χ0) is 15.1. The lowest BCUT2D eigenvalue weighted by molar-refractivity contribution is -0.141. The summed E-state index contributed by atoms with van der Waals surface area (Å²) in [5, 5.41) is 3.35. The van der Waals surface area contributed by atoms with Crippen molar-refractivity contribution in [3.05, 3.63) is 17.5 Å². The monoisotopic (exact) mass is 291 g/mol. The van der Waals surface area contributed by atoms with Gasteiger partial charge >= 0.3 is 6.18 Å². The number of aromatic nitrogens is 2. The van der Waals surface area contributed by atoms with E-state index in [4.69, 9.17) is 4.74 Å². The highest BCUT2D eigenvalue weighted by Gasteiger charge is 2.36. The van der Waals surface area contributed by atoms with Gasteiger partial charge in [-0.1, -0.05) is 0 Å². The lowest BCUT2D eigenvalue weighted by Crippen LogP contribution is -2.48. The van der Waals surface area contributed by atoms with E-state index in [2.05, 4.69) is 5.10 Å². The molecule has 0 radical (unpaired) electrons. The lowest BCUT2D eigenvalue weighted by Gasteiger charge is -2.35. The van der Waals surface area contributed by atoms with Crippen LogP contribution in [-0.4, -0.2) is 45.9 Å². The minimum absolute atomic E-state index is 0.0707. The summed E-state index contributed by atoms with van der Waals surface area (Å²) in [6, 6.07) is 0.785. The number of carbonyl (C=O) groups is 1. The Morgan fingerprint density at radius 1 is 1.35 bits per heavy atom. The van der Waals surface area contributed by atoms with E-state index in [0.29, 0.717) is 13.1 Å². The fourth-order valence-electron chi connectivity index (χ4n) is 2.31. The molecule has 112 valence electrons. The first-order chi connectivity index (χ1) is 9.18. The van der Waals surface area contributed by atoms with E-state index in [0.717, 1.165) is 10.7 Å². The number of hydrogen-bond acceptors (Lipinski definition) is 3. The first-order valence-electron chi connectivity index (χ1n) is 6.24. The molecular weight excluding hydrogens is 275 g/mol. The molecule has 1 saturated heterocycles. The van der Waals surface area contributed by atoms with Gasteiger partial charge in [0, 0.05) is 26.2 Å². The molecule has 1 fully saturated rings. The number of nitrogens with zero attached hydrogens (tertiary/aromatic N) is 3. The summed E-state index contributed by atoms with van der Waals surface area (Å²) >= 11 is 0. The van der Waals surface area contributed by atoms with Crippen LogP contribution in [0.3, 0.4) is 0 Å². The second kappa shape index (κ2) is 5.08. The molecule has 1 aromatic rings. The molecule has 1 aliphatic heterocycles. The van der Waals surface area contributed by atoms with Gasteiger partial charge in [-0.3, -0.25) is 9.48 Å². The summed E-state index contributed by atoms with van der Waals surface area (Å²) in [5.74, 6) is -0.461. The number of amides is 1. The summed E-state index contributed by atoms with van der Waals surface area (Å²) < 4.78 is 44.2. The molecule has 0 N–H and O–H groups in total. The molecule has 0 aromatic carbocycles. The maximum atomic E-state index is 12.6. The Bertz CT molecular complexity index is 503. The highest BCUT2D eigenvalue weighted by atomic mass is 19.4. The SMILES string of the molecule is C[C@@H]1CN(C(=O)c2cc(C(F)(F)F)nn2C)C[C@H](C)O1. The smallest absolute Gasteiger partial charge is 0.372 e. The molecule has 20 heavy (non-hydrogen) atoms. The van der Waals surface area contributed by atoms with Crippen LogP contribution >= 0.6 is 0 Å². The van der Waals surface area contributed by atoms with Crippen molar-refractivity contribution in [2.24, 2.45) is 7.05 Å². The number of halogens is 3. The molecule has 1 aliphatic rings. The van der Waals surface area contributed by atoms with E-state index in [9.17, 15) is 18.0 Å². The van der Waals surface area contributed by atoms with Crippen LogP contribution in [0.1, 0.15) is 30.0 Å². The van der Waals surface area contributed by atoms with Crippen LogP contribution in [0.25, 0.3) is 0 Å². The third-order valence-corrected chi connectivity index (χ3v) is 3.10. The number of hydrogen-bond donors (Lipinski definition) is 0. The second-order valence-corrected chi connectivity index (χ2v) is 5.00. The molecular formula is C12H16F3N3O2. The average Bonchev–Trinajstić information content (AvgIpc) is 2.69. The molecule has 0 spiro atoms. The molecule has 2 rings (SSSR count). The third-order valence-electron chi connectivity index (χ3n) is 3.10. The summed E-state index contributed by atoms with van der Waals surface area (Å²) in [6.07, 6.45) is -4.84. The number of ether oxygens (including phenoxy) is 1. The quantitative estimate of drug-likeness (QED) is 0.791. The highest BCUT2D eigenvalue weighted by Crippen LogP contribution is 2.28. The third kappa shape index (κ3) is 2.95. The Kier molecular flexibility index (Phi) is 3.77. The molecule has 8 heteroatoms.